The maximum Gasteiger partial charge on any atom is 0.246 e. The Kier molecular flexibility index (Phi) is 4.53. The first-order valence-electron chi connectivity index (χ1n) is 5.60. The Bertz CT molecular complexity index is 384. The maximum atomic E-state index is 11.5. The second-order valence-electron chi connectivity index (χ2n) is 4.27. The zero-order chi connectivity index (χ0) is 12.2. The molecule has 0 aromatic heterocycles. The monoisotopic (exact) mass is 245 g/mol. The van der Waals surface area contributed by atoms with E-state index in [9.17, 15) is 13.2 Å². The Labute approximate surface area is 97.0 Å². The van der Waals surface area contributed by atoms with Gasteiger partial charge in [0.1, 0.15) is 0 Å². The number of nitrogens with one attached hydrogen (secondary N) is 1. The third-order valence-electron chi connectivity index (χ3n) is 2.75. The molecule has 0 unspecified atom stereocenters. The number of carbonyl (C=O) groups is 1. The van der Waals surface area contributed by atoms with Crippen LogP contribution in [-0.2, 0) is 14.6 Å². The molecule has 1 amide bonds. The van der Waals surface area contributed by atoms with Crippen molar-refractivity contribution in [3.8, 4) is 0 Å². The molecule has 16 heavy (non-hydrogen) atoms. The predicted octanol–water partition coefficient (Wildman–Crippen LogP) is 0.894. The van der Waals surface area contributed by atoms with Crippen molar-refractivity contribution < 1.29 is 13.2 Å². The van der Waals surface area contributed by atoms with Gasteiger partial charge in [-0.15, -0.1) is 0 Å². The fourth-order valence-electron chi connectivity index (χ4n) is 1.81. The predicted molar refractivity (Wildman–Crippen MR) is 63.8 cm³/mol. The van der Waals surface area contributed by atoms with Gasteiger partial charge in [0, 0.05) is 12.1 Å². The SMILES string of the molecule is CC/C=C(\C)C(=O)NC[C@@H]1CCS(=O)(=O)C1. The molecule has 1 heterocycles. The topological polar surface area (TPSA) is 63.2 Å². The summed E-state index contributed by atoms with van der Waals surface area (Å²) in [6, 6.07) is 0. The Morgan fingerprint density at radius 2 is 2.19 bits per heavy atom. The Morgan fingerprint density at radius 3 is 2.69 bits per heavy atom. The lowest BCUT2D eigenvalue weighted by atomic mass is 10.1. The molecule has 1 N–H and O–H groups in total. The van der Waals surface area contributed by atoms with Crippen LogP contribution in [-0.4, -0.2) is 32.4 Å². The molecular formula is C11H19NO3S. The zero-order valence-electron chi connectivity index (χ0n) is 9.82. The van der Waals surface area contributed by atoms with E-state index in [1.165, 1.54) is 0 Å². The number of rotatable bonds is 4. The lowest BCUT2D eigenvalue weighted by molar-refractivity contribution is -0.117. The van der Waals surface area contributed by atoms with Crippen LogP contribution in [0.15, 0.2) is 11.6 Å². The highest BCUT2D eigenvalue weighted by Crippen LogP contribution is 2.17. The van der Waals surface area contributed by atoms with Crippen LogP contribution in [0.4, 0.5) is 0 Å². The van der Waals surface area contributed by atoms with Crippen LogP contribution < -0.4 is 5.32 Å². The second kappa shape index (κ2) is 5.48. The molecule has 5 heteroatoms. The van der Waals surface area contributed by atoms with E-state index in [1.807, 2.05) is 13.0 Å². The molecule has 0 bridgehead atoms. The quantitative estimate of drug-likeness (QED) is 0.748. The Morgan fingerprint density at radius 1 is 1.50 bits per heavy atom. The summed E-state index contributed by atoms with van der Waals surface area (Å²) < 4.78 is 22.4. The summed E-state index contributed by atoms with van der Waals surface area (Å²) in [7, 11) is -2.84. The number of hydrogen-bond acceptors (Lipinski definition) is 3. The third kappa shape index (κ3) is 3.96. The highest BCUT2D eigenvalue weighted by atomic mass is 32.2. The van der Waals surface area contributed by atoms with Gasteiger partial charge in [-0.05, 0) is 25.7 Å². The molecule has 0 aliphatic carbocycles. The lowest BCUT2D eigenvalue weighted by Gasteiger charge is -2.09. The molecule has 1 aliphatic rings. The molecular weight excluding hydrogens is 226 g/mol. The normalized spacial score (nSPS) is 24.4. The van der Waals surface area contributed by atoms with Crippen molar-refractivity contribution in [2.75, 3.05) is 18.1 Å². The molecule has 0 saturated carbocycles. The molecule has 1 rings (SSSR count). The van der Waals surface area contributed by atoms with Gasteiger partial charge in [0.2, 0.25) is 5.91 Å². The molecule has 4 nitrogen and oxygen atoms in total. The van der Waals surface area contributed by atoms with Crippen LogP contribution in [0, 0.1) is 5.92 Å². The Balaban J connectivity index is 2.36. The van der Waals surface area contributed by atoms with Gasteiger partial charge >= 0.3 is 0 Å². The third-order valence-corrected chi connectivity index (χ3v) is 4.58. The molecule has 1 atom stereocenters. The smallest absolute Gasteiger partial charge is 0.246 e. The minimum absolute atomic E-state index is 0.0865. The molecule has 0 spiro atoms. The van der Waals surface area contributed by atoms with Gasteiger partial charge < -0.3 is 5.32 Å². The first kappa shape index (κ1) is 13.2. The van der Waals surface area contributed by atoms with E-state index in [-0.39, 0.29) is 23.3 Å². The summed E-state index contributed by atoms with van der Waals surface area (Å²) >= 11 is 0. The zero-order valence-corrected chi connectivity index (χ0v) is 10.6. The van der Waals surface area contributed by atoms with Gasteiger partial charge in [0.25, 0.3) is 0 Å². The maximum absolute atomic E-state index is 11.5. The fraction of sp³-hybridized carbons (Fsp3) is 0.727. The molecule has 0 aromatic rings. The van der Waals surface area contributed by atoms with Crippen LogP contribution in [0.2, 0.25) is 0 Å². The van der Waals surface area contributed by atoms with Crippen molar-refractivity contribution in [3.05, 3.63) is 11.6 Å². The average molecular weight is 245 g/mol. The highest BCUT2D eigenvalue weighted by Gasteiger charge is 2.27. The number of carbonyl (C=O) groups excluding carboxylic acids is 1. The number of sulfone groups is 1. The van der Waals surface area contributed by atoms with Gasteiger partial charge in [-0.1, -0.05) is 13.0 Å². The van der Waals surface area contributed by atoms with Crippen LogP contribution in [0.25, 0.3) is 0 Å². The largest absolute Gasteiger partial charge is 0.352 e. The molecule has 1 saturated heterocycles. The Hall–Kier alpha value is -0.840. The van der Waals surface area contributed by atoms with Crippen molar-refractivity contribution in [3.63, 3.8) is 0 Å². The van der Waals surface area contributed by atoms with Crippen LogP contribution in [0.5, 0.6) is 0 Å². The molecule has 0 aromatic carbocycles. The summed E-state index contributed by atoms with van der Waals surface area (Å²) in [5, 5.41) is 2.78. The summed E-state index contributed by atoms with van der Waals surface area (Å²) in [4.78, 5) is 11.5. The second-order valence-corrected chi connectivity index (χ2v) is 6.50. The van der Waals surface area contributed by atoms with Crippen molar-refractivity contribution in [1.29, 1.82) is 0 Å². The summed E-state index contributed by atoms with van der Waals surface area (Å²) in [5.74, 6) is 0.468. The standard InChI is InChI=1S/C11H19NO3S/c1-3-4-9(2)11(13)12-7-10-5-6-16(14,15)8-10/h4,10H,3,5-8H2,1-2H3,(H,12,13)/b9-4+/t10-/m0/s1. The summed E-state index contributed by atoms with van der Waals surface area (Å²) in [5.41, 5.74) is 0.698. The molecule has 92 valence electrons. The molecule has 1 fully saturated rings. The minimum atomic E-state index is -2.84. The van der Waals surface area contributed by atoms with Crippen molar-refractivity contribution >= 4 is 15.7 Å². The van der Waals surface area contributed by atoms with Crippen molar-refractivity contribution in [2.24, 2.45) is 5.92 Å². The fourth-order valence-corrected chi connectivity index (χ4v) is 3.67. The van der Waals surface area contributed by atoms with Crippen molar-refractivity contribution in [2.45, 2.75) is 26.7 Å². The van der Waals surface area contributed by atoms with E-state index < -0.39 is 9.84 Å². The van der Waals surface area contributed by atoms with Gasteiger partial charge in [-0.25, -0.2) is 8.42 Å². The highest BCUT2D eigenvalue weighted by molar-refractivity contribution is 7.91. The van der Waals surface area contributed by atoms with Crippen LogP contribution in [0.1, 0.15) is 26.7 Å². The number of hydrogen-bond donors (Lipinski definition) is 1. The lowest BCUT2D eigenvalue weighted by Crippen LogP contribution is -2.30. The minimum Gasteiger partial charge on any atom is -0.352 e. The first-order valence-corrected chi connectivity index (χ1v) is 7.42. The van der Waals surface area contributed by atoms with E-state index in [0.717, 1.165) is 6.42 Å². The van der Waals surface area contributed by atoms with E-state index in [0.29, 0.717) is 18.5 Å². The van der Waals surface area contributed by atoms with Gasteiger partial charge in [-0.3, -0.25) is 4.79 Å². The van der Waals surface area contributed by atoms with Gasteiger partial charge in [0.15, 0.2) is 9.84 Å². The van der Waals surface area contributed by atoms with E-state index in [2.05, 4.69) is 5.32 Å². The first-order chi connectivity index (χ1) is 7.44. The molecule has 0 radical (unpaired) electrons. The van der Waals surface area contributed by atoms with E-state index in [4.69, 9.17) is 0 Å². The van der Waals surface area contributed by atoms with Gasteiger partial charge in [-0.2, -0.15) is 0 Å². The number of amides is 1. The summed E-state index contributed by atoms with van der Waals surface area (Å²) in [6.45, 7) is 4.21. The molecule has 1 aliphatic heterocycles. The van der Waals surface area contributed by atoms with Gasteiger partial charge in [0.05, 0.1) is 11.5 Å². The summed E-state index contributed by atoms with van der Waals surface area (Å²) in [6.07, 6.45) is 3.36. The van der Waals surface area contributed by atoms with Crippen LogP contribution in [0.3, 0.4) is 0 Å². The number of allylic oxidation sites excluding steroid dienone is 1. The van der Waals surface area contributed by atoms with E-state index >= 15 is 0 Å². The average Bonchev–Trinajstić information content (AvgIpc) is 2.55. The van der Waals surface area contributed by atoms with Crippen LogP contribution >= 0.6 is 0 Å². The van der Waals surface area contributed by atoms with E-state index in [1.54, 1.807) is 6.92 Å². The van der Waals surface area contributed by atoms with Crippen molar-refractivity contribution in [1.82, 2.24) is 5.32 Å².